The topological polar surface area (TPSA) is 41.5 Å². The lowest BCUT2D eigenvalue weighted by Crippen LogP contribution is -2.35. The first kappa shape index (κ1) is 16.0. The fourth-order valence-corrected chi connectivity index (χ4v) is 1.67. The van der Waals surface area contributed by atoms with Crippen molar-refractivity contribution in [3.8, 4) is 5.75 Å². The second kappa shape index (κ2) is 5.93. The van der Waals surface area contributed by atoms with Crippen molar-refractivity contribution in [2.24, 2.45) is 0 Å². The molecule has 108 valence electrons. The summed E-state index contributed by atoms with van der Waals surface area (Å²) in [7, 11) is 0. The third-order valence-corrected chi connectivity index (χ3v) is 2.67. The van der Waals surface area contributed by atoms with Crippen molar-refractivity contribution in [1.82, 2.24) is 5.32 Å². The minimum Gasteiger partial charge on any atom is -0.490 e. The van der Waals surface area contributed by atoms with E-state index in [-0.39, 0.29) is 5.54 Å². The molecule has 0 atom stereocenters. The summed E-state index contributed by atoms with van der Waals surface area (Å²) in [5, 5.41) is 13.2. The zero-order valence-electron chi connectivity index (χ0n) is 13.0. The maximum absolute atomic E-state index is 9.78. The fraction of sp³-hybridized carbons (Fsp3) is 0.625. The lowest BCUT2D eigenvalue weighted by atomic mass is 10.1. The smallest absolute Gasteiger partial charge is 0.126 e. The lowest BCUT2D eigenvalue weighted by molar-refractivity contribution is 0.0278. The van der Waals surface area contributed by atoms with Gasteiger partial charge in [-0.25, -0.2) is 0 Å². The van der Waals surface area contributed by atoms with Gasteiger partial charge in [-0.3, -0.25) is 0 Å². The molecule has 3 heteroatoms. The largest absolute Gasteiger partial charge is 0.490 e. The summed E-state index contributed by atoms with van der Waals surface area (Å²) in [5.41, 5.74) is 1.46. The van der Waals surface area contributed by atoms with Crippen LogP contribution in [0.4, 0.5) is 0 Å². The van der Waals surface area contributed by atoms with Crippen molar-refractivity contribution >= 4 is 0 Å². The van der Waals surface area contributed by atoms with Crippen molar-refractivity contribution in [2.45, 2.75) is 59.2 Å². The molecular formula is C16H27NO2. The van der Waals surface area contributed by atoms with Crippen LogP contribution in [0.5, 0.6) is 5.75 Å². The summed E-state index contributed by atoms with van der Waals surface area (Å²) in [4.78, 5) is 0. The number of hydrogen-bond acceptors (Lipinski definition) is 3. The second-order valence-corrected chi connectivity index (χ2v) is 6.77. The first-order valence-corrected chi connectivity index (χ1v) is 6.77. The van der Waals surface area contributed by atoms with Crippen molar-refractivity contribution in [1.29, 1.82) is 0 Å². The average Bonchev–Trinajstić information content (AvgIpc) is 2.22. The number of hydrogen-bond donors (Lipinski definition) is 2. The van der Waals surface area contributed by atoms with E-state index >= 15 is 0 Å². The number of benzene rings is 1. The third-order valence-electron chi connectivity index (χ3n) is 2.67. The predicted octanol–water partition coefficient (Wildman–Crippen LogP) is 3.03. The van der Waals surface area contributed by atoms with Gasteiger partial charge in [-0.2, -0.15) is 0 Å². The number of rotatable bonds is 5. The molecule has 1 rings (SSSR count). The molecule has 0 aromatic heterocycles. The Kier molecular flexibility index (Phi) is 4.99. The highest BCUT2D eigenvalue weighted by Gasteiger charge is 2.17. The molecule has 0 saturated heterocycles. The molecule has 0 radical (unpaired) electrons. The van der Waals surface area contributed by atoms with Crippen molar-refractivity contribution in [3.63, 3.8) is 0 Å². The second-order valence-electron chi connectivity index (χ2n) is 6.77. The highest BCUT2D eigenvalue weighted by atomic mass is 16.5. The number of nitrogens with one attached hydrogen (secondary N) is 1. The van der Waals surface area contributed by atoms with Gasteiger partial charge in [0, 0.05) is 17.6 Å². The van der Waals surface area contributed by atoms with Gasteiger partial charge in [0.2, 0.25) is 0 Å². The zero-order valence-corrected chi connectivity index (χ0v) is 13.0. The molecule has 0 amide bonds. The van der Waals surface area contributed by atoms with Crippen LogP contribution in [0.3, 0.4) is 0 Å². The Morgan fingerprint density at radius 2 is 1.79 bits per heavy atom. The van der Waals surface area contributed by atoms with E-state index in [1.54, 1.807) is 13.8 Å². The zero-order chi connectivity index (χ0) is 14.7. The van der Waals surface area contributed by atoms with Crippen LogP contribution in [-0.4, -0.2) is 22.9 Å². The third kappa shape index (κ3) is 6.08. The summed E-state index contributed by atoms with van der Waals surface area (Å²) in [6.45, 7) is 13.0. The molecular weight excluding hydrogens is 238 g/mol. The molecule has 1 aromatic carbocycles. The van der Waals surface area contributed by atoms with Gasteiger partial charge >= 0.3 is 0 Å². The minimum atomic E-state index is -0.822. The standard InChI is InChI=1S/C16H27NO2/c1-12-8-7-9-13(10-17-15(2,3)4)14(12)19-11-16(5,6)18/h7-9,17-18H,10-11H2,1-6H3. The molecule has 0 fully saturated rings. The highest BCUT2D eigenvalue weighted by molar-refractivity contribution is 5.40. The van der Waals surface area contributed by atoms with Gasteiger partial charge in [0.05, 0.1) is 5.60 Å². The lowest BCUT2D eigenvalue weighted by Gasteiger charge is -2.24. The van der Waals surface area contributed by atoms with Gasteiger partial charge in [0.1, 0.15) is 12.4 Å². The van der Waals surface area contributed by atoms with Crippen LogP contribution < -0.4 is 10.1 Å². The van der Waals surface area contributed by atoms with Gasteiger partial charge in [-0.05, 0) is 47.1 Å². The van der Waals surface area contributed by atoms with Crippen LogP contribution in [0, 0.1) is 6.92 Å². The van der Waals surface area contributed by atoms with Crippen molar-refractivity contribution in [2.75, 3.05) is 6.61 Å². The summed E-state index contributed by atoms with van der Waals surface area (Å²) in [5.74, 6) is 0.876. The fourth-order valence-electron chi connectivity index (χ4n) is 1.67. The quantitative estimate of drug-likeness (QED) is 0.860. The van der Waals surface area contributed by atoms with Crippen LogP contribution >= 0.6 is 0 Å². The van der Waals surface area contributed by atoms with E-state index in [9.17, 15) is 5.11 Å². The van der Waals surface area contributed by atoms with Gasteiger partial charge in [-0.15, -0.1) is 0 Å². The Labute approximate surface area is 117 Å². The summed E-state index contributed by atoms with van der Waals surface area (Å²) in [6, 6.07) is 6.12. The highest BCUT2D eigenvalue weighted by Crippen LogP contribution is 2.25. The molecule has 0 saturated carbocycles. The normalized spacial score (nSPS) is 12.6. The molecule has 0 aliphatic rings. The van der Waals surface area contributed by atoms with Gasteiger partial charge < -0.3 is 15.2 Å². The molecule has 0 bridgehead atoms. The van der Waals surface area contributed by atoms with Crippen LogP contribution in [-0.2, 0) is 6.54 Å². The molecule has 1 aromatic rings. The Hall–Kier alpha value is -1.06. The number of ether oxygens (including phenoxy) is 1. The van der Waals surface area contributed by atoms with Gasteiger partial charge in [-0.1, -0.05) is 18.2 Å². The molecule has 0 aliphatic carbocycles. The first-order valence-electron chi connectivity index (χ1n) is 6.77. The molecule has 0 spiro atoms. The molecule has 19 heavy (non-hydrogen) atoms. The summed E-state index contributed by atoms with van der Waals surface area (Å²) >= 11 is 0. The maximum Gasteiger partial charge on any atom is 0.126 e. The Bertz CT molecular complexity index is 414. The summed E-state index contributed by atoms with van der Waals surface area (Å²) < 4.78 is 5.81. The van der Waals surface area contributed by atoms with E-state index in [1.165, 1.54) is 0 Å². The predicted molar refractivity (Wildman–Crippen MR) is 79.6 cm³/mol. The van der Waals surface area contributed by atoms with Crippen LogP contribution in [0.15, 0.2) is 18.2 Å². The molecule has 0 unspecified atom stereocenters. The molecule has 3 nitrogen and oxygen atoms in total. The minimum absolute atomic E-state index is 0.0667. The molecule has 2 N–H and O–H groups in total. The Balaban J connectivity index is 2.83. The van der Waals surface area contributed by atoms with E-state index in [2.05, 4.69) is 32.2 Å². The van der Waals surface area contributed by atoms with Crippen LogP contribution in [0.25, 0.3) is 0 Å². The number of aliphatic hydroxyl groups is 1. The number of aryl methyl sites for hydroxylation is 1. The van der Waals surface area contributed by atoms with E-state index in [0.717, 1.165) is 23.4 Å². The first-order chi connectivity index (χ1) is 8.58. The monoisotopic (exact) mass is 265 g/mol. The van der Waals surface area contributed by atoms with E-state index in [0.29, 0.717) is 6.61 Å². The van der Waals surface area contributed by atoms with E-state index in [1.807, 2.05) is 19.1 Å². The Morgan fingerprint density at radius 3 is 2.32 bits per heavy atom. The van der Waals surface area contributed by atoms with Gasteiger partial charge in [0.25, 0.3) is 0 Å². The average molecular weight is 265 g/mol. The molecule has 0 aliphatic heterocycles. The van der Waals surface area contributed by atoms with Crippen molar-refractivity contribution < 1.29 is 9.84 Å². The van der Waals surface area contributed by atoms with Crippen molar-refractivity contribution in [3.05, 3.63) is 29.3 Å². The van der Waals surface area contributed by atoms with E-state index < -0.39 is 5.60 Å². The van der Waals surface area contributed by atoms with E-state index in [4.69, 9.17) is 4.74 Å². The van der Waals surface area contributed by atoms with Crippen LogP contribution in [0.1, 0.15) is 45.7 Å². The Morgan fingerprint density at radius 1 is 1.16 bits per heavy atom. The van der Waals surface area contributed by atoms with Gasteiger partial charge in [0.15, 0.2) is 0 Å². The maximum atomic E-state index is 9.78. The SMILES string of the molecule is Cc1cccc(CNC(C)(C)C)c1OCC(C)(C)O. The number of para-hydroxylation sites is 1. The van der Waals surface area contributed by atoms with Crippen LogP contribution in [0.2, 0.25) is 0 Å². The molecule has 0 heterocycles. The summed E-state index contributed by atoms with van der Waals surface area (Å²) in [6.07, 6.45) is 0.